The average molecular weight is 627 g/mol. The van der Waals surface area contributed by atoms with E-state index in [-0.39, 0.29) is 5.69 Å². The number of carboxylic acid groups (broad SMARTS) is 1. The molecule has 15 heteroatoms. The van der Waals surface area contributed by atoms with E-state index in [1.807, 2.05) is 0 Å². The number of hydrogen-bond donors (Lipinski definition) is 5. The Morgan fingerprint density at radius 3 is 2.19 bits per heavy atom. The van der Waals surface area contributed by atoms with Gasteiger partial charge in [-0.3, -0.25) is 9.52 Å². The molecule has 0 aliphatic heterocycles. The summed E-state index contributed by atoms with van der Waals surface area (Å²) in [6.07, 6.45) is -0.498. The predicted molar refractivity (Wildman–Crippen MR) is 155 cm³/mol. The molecular weight excluding hydrogens is 592 g/mol. The maximum absolute atomic E-state index is 13.1. The van der Waals surface area contributed by atoms with Crippen LogP contribution in [-0.2, 0) is 26.0 Å². The zero-order valence-electron chi connectivity index (χ0n) is 23.8. The van der Waals surface area contributed by atoms with Crippen molar-refractivity contribution in [1.29, 1.82) is 0 Å². The van der Waals surface area contributed by atoms with Crippen LogP contribution in [-0.4, -0.2) is 55.8 Å². The number of hydrogen-bond acceptors (Lipinski definition) is 8. The molecule has 230 valence electrons. The molecule has 2 rings (SSSR count). The second-order valence-corrected chi connectivity index (χ2v) is 12.7. The molecule has 0 unspecified atom stereocenters. The molecule has 2 aromatic rings. The minimum absolute atomic E-state index is 0.218. The molecule has 6 N–H and O–H groups in total. The Kier molecular flexibility index (Phi) is 11.6. The molecule has 2 aromatic carbocycles. The molecule has 1 atom stereocenters. The zero-order valence-corrected chi connectivity index (χ0v) is 25.4. The molecule has 0 spiro atoms. The number of ether oxygens (including phenoxy) is 2. The molecule has 13 nitrogen and oxygen atoms in total. The summed E-state index contributed by atoms with van der Waals surface area (Å²) in [5.74, 6) is -3.46. The van der Waals surface area contributed by atoms with Gasteiger partial charge in [-0.05, 0) is 69.4 Å². The van der Waals surface area contributed by atoms with Gasteiger partial charge in [0, 0.05) is 12.2 Å². The smallest absolute Gasteiger partial charge is 0.413 e. The van der Waals surface area contributed by atoms with Crippen LogP contribution in [0.5, 0.6) is 5.75 Å². The van der Waals surface area contributed by atoms with E-state index in [0.717, 1.165) is 17.7 Å². The summed E-state index contributed by atoms with van der Waals surface area (Å²) in [4.78, 5) is 47.0. The van der Waals surface area contributed by atoms with Crippen molar-refractivity contribution in [3.05, 3.63) is 52.5 Å². The van der Waals surface area contributed by atoms with Crippen LogP contribution in [0.4, 0.5) is 15.3 Å². The van der Waals surface area contributed by atoms with Crippen molar-refractivity contribution in [2.24, 2.45) is 11.7 Å². The first-order valence-corrected chi connectivity index (χ1v) is 14.7. The summed E-state index contributed by atoms with van der Waals surface area (Å²) in [6.45, 7) is 8.83. The Morgan fingerprint density at radius 2 is 1.67 bits per heavy atom. The van der Waals surface area contributed by atoms with Crippen molar-refractivity contribution in [2.75, 3.05) is 11.3 Å². The molecule has 0 fully saturated rings. The van der Waals surface area contributed by atoms with Crippen molar-refractivity contribution in [2.45, 2.75) is 64.0 Å². The van der Waals surface area contributed by atoms with E-state index in [4.69, 9.17) is 26.8 Å². The van der Waals surface area contributed by atoms with Crippen molar-refractivity contribution < 1.29 is 42.2 Å². The molecule has 0 aromatic heterocycles. The zero-order chi connectivity index (χ0) is 31.8. The van der Waals surface area contributed by atoms with Gasteiger partial charge in [0.25, 0.3) is 15.9 Å². The van der Waals surface area contributed by atoms with Gasteiger partial charge in [0.1, 0.15) is 11.6 Å². The van der Waals surface area contributed by atoms with E-state index < -0.39 is 72.9 Å². The number of primary amides is 1. The van der Waals surface area contributed by atoms with Crippen molar-refractivity contribution >= 4 is 51.4 Å². The van der Waals surface area contributed by atoms with Crippen molar-refractivity contribution in [3.63, 3.8) is 0 Å². The Balaban J connectivity index is 2.11. The van der Waals surface area contributed by atoms with E-state index >= 15 is 0 Å². The lowest BCUT2D eigenvalue weighted by Gasteiger charge is -2.19. The van der Waals surface area contributed by atoms with Crippen LogP contribution < -0.4 is 25.8 Å². The lowest BCUT2D eigenvalue weighted by molar-refractivity contribution is -0.140. The summed E-state index contributed by atoms with van der Waals surface area (Å²) in [7, 11) is -4.27. The highest BCUT2D eigenvalue weighted by atomic mass is 35.5. The van der Waals surface area contributed by atoms with Gasteiger partial charge in [-0.25, -0.2) is 22.8 Å². The second kappa shape index (κ2) is 14.2. The third kappa shape index (κ3) is 10.4. The van der Waals surface area contributed by atoms with Gasteiger partial charge in [-0.15, -0.1) is 0 Å². The number of carboxylic acids is 1. The summed E-state index contributed by atoms with van der Waals surface area (Å²) >= 11 is 6.17. The van der Waals surface area contributed by atoms with Crippen LogP contribution in [0, 0.1) is 5.92 Å². The van der Waals surface area contributed by atoms with Crippen molar-refractivity contribution in [1.82, 2.24) is 10.6 Å². The number of alkyl carbamates (subject to hydrolysis) is 1. The Bertz CT molecular complexity index is 1420. The minimum atomic E-state index is -4.27. The van der Waals surface area contributed by atoms with Gasteiger partial charge in [0.05, 0.1) is 15.5 Å². The number of benzene rings is 2. The molecule has 42 heavy (non-hydrogen) atoms. The summed E-state index contributed by atoms with van der Waals surface area (Å²) in [5, 5.41) is 13.6. The largest absolute Gasteiger partial charge is 0.480 e. The Hall–Kier alpha value is -4.04. The fourth-order valence-corrected chi connectivity index (χ4v) is 4.96. The number of anilines is 1. The normalized spacial score (nSPS) is 12.3. The number of nitrogens with two attached hydrogens (primary N) is 1. The molecular formula is C27H35ClN4O9S. The molecule has 0 aliphatic rings. The maximum Gasteiger partial charge on any atom is 0.413 e. The van der Waals surface area contributed by atoms with E-state index in [9.17, 15) is 32.7 Å². The number of halogens is 1. The molecule has 0 heterocycles. The number of aliphatic carboxylic acids is 1. The highest BCUT2D eigenvalue weighted by molar-refractivity contribution is 7.92. The van der Waals surface area contributed by atoms with Crippen LogP contribution in [0.15, 0.2) is 41.3 Å². The van der Waals surface area contributed by atoms with Gasteiger partial charge in [-0.1, -0.05) is 37.6 Å². The van der Waals surface area contributed by atoms with Crippen LogP contribution in [0.25, 0.3) is 0 Å². The van der Waals surface area contributed by atoms with E-state index in [1.54, 1.807) is 58.9 Å². The third-order valence-corrected chi connectivity index (χ3v) is 7.15. The Labute approximate surface area is 249 Å². The number of carbonyl (C=O) groups is 4. The first-order chi connectivity index (χ1) is 19.4. The SMILES string of the molecule is CC(C)[C@H](NC(=O)Oc1c(Cl)cc(S(=O)(=O)Nc2ccc(CCCNC(=O)OC(C)(C)C)cc2)cc1C(N)=O)C(=O)O. The Morgan fingerprint density at radius 1 is 1.05 bits per heavy atom. The number of aryl methyl sites for hydroxylation is 1. The molecule has 0 aliphatic carbocycles. The lowest BCUT2D eigenvalue weighted by atomic mass is 10.1. The standard InChI is InChI=1S/C27H35ClN4O9S/c1-15(2)21(24(34)35)31-26(37)40-22-19(23(29)33)13-18(14-20(22)28)42(38,39)32-17-10-8-16(9-11-17)7-6-12-30-25(36)41-27(3,4)5/h8-11,13-15,21,32H,6-7,12H2,1-5H3,(H2,29,33)(H,30,36)(H,31,37)(H,34,35)/t21-/m0/s1. The fourth-order valence-electron chi connectivity index (χ4n) is 3.52. The summed E-state index contributed by atoms with van der Waals surface area (Å²) in [5.41, 5.74) is 5.40. The highest BCUT2D eigenvalue weighted by Gasteiger charge is 2.27. The van der Waals surface area contributed by atoms with Gasteiger partial charge in [0.15, 0.2) is 5.75 Å². The molecule has 3 amide bonds. The van der Waals surface area contributed by atoms with Gasteiger partial charge < -0.3 is 30.9 Å². The van der Waals surface area contributed by atoms with Crippen molar-refractivity contribution in [3.8, 4) is 5.75 Å². The van der Waals surface area contributed by atoms with E-state index in [0.29, 0.717) is 19.4 Å². The molecule has 0 saturated heterocycles. The van der Waals surface area contributed by atoms with Crippen LogP contribution in [0.2, 0.25) is 5.02 Å². The molecule has 0 saturated carbocycles. The second-order valence-electron chi connectivity index (χ2n) is 10.6. The third-order valence-electron chi connectivity index (χ3n) is 5.51. The lowest BCUT2D eigenvalue weighted by Crippen LogP contribution is -2.45. The number of amides is 3. The van der Waals surface area contributed by atoms with Gasteiger partial charge in [-0.2, -0.15) is 0 Å². The predicted octanol–water partition coefficient (Wildman–Crippen LogP) is 3.89. The minimum Gasteiger partial charge on any atom is -0.480 e. The van der Waals surface area contributed by atoms with Crippen LogP contribution in [0.3, 0.4) is 0 Å². The molecule has 0 radical (unpaired) electrons. The summed E-state index contributed by atoms with van der Waals surface area (Å²) < 4.78 is 38.7. The monoisotopic (exact) mass is 626 g/mol. The maximum atomic E-state index is 13.1. The van der Waals surface area contributed by atoms with Gasteiger partial charge in [0.2, 0.25) is 0 Å². The van der Waals surface area contributed by atoms with Gasteiger partial charge >= 0.3 is 18.2 Å². The number of rotatable bonds is 12. The first-order valence-electron chi connectivity index (χ1n) is 12.8. The quantitative estimate of drug-likeness (QED) is 0.216. The van der Waals surface area contributed by atoms with E-state index in [2.05, 4.69) is 15.4 Å². The van der Waals surface area contributed by atoms with Crippen LogP contribution >= 0.6 is 11.6 Å². The highest BCUT2D eigenvalue weighted by Crippen LogP contribution is 2.33. The first kappa shape index (κ1) is 34.2. The summed E-state index contributed by atoms with van der Waals surface area (Å²) in [6, 6.07) is 7.07. The number of carbonyl (C=O) groups excluding carboxylic acids is 3. The molecule has 0 bridgehead atoms. The van der Waals surface area contributed by atoms with Crippen LogP contribution in [0.1, 0.15) is 57.0 Å². The number of nitrogens with one attached hydrogen (secondary N) is 3. The average Bonchev–Trinajstić information content (AvgIpc) is 2.85. The number of sulfonamides is 1. The van der Waals surface area contributed by atoms with E-state index in [1.165, 1.54) is 0 Å². The fraction of sp³-hybridized carbons (Fsp3) is 0.407. The topological polar surface area (TPSA) is 203 Å².